The summed E-state index contributed by atoms with van der Waals surface area (Å²) in [5, 5.41) is 0.738. The van der Waals surface area contributed by atoms with Crippen LogP contribution in [0.5, 0.6) is 0 Å². The molecule has 1 saturated carbocycles. The highest BCUT2D eigenvalue weighted by Crippen LogP contribution is 2.67. The van der Waals surface area contributed by atoms with E-state index in [0.717, 1.165) is 29.2 Å². The molecule has 2 aliphatic carbocycles. The first-order valence-corrected chi connectivity index (χ1v) is 7.97. The Morgan fingerprint density at radius 2 is 1.86 bits per heavy atom. The summed E-state index contributed by atoms with van der Waals surface area (Å²) in [6.45, 7) is 0.981. The van der Waals surface area contributed by atoms with Gasteiger partial charge in [-0.25, -0.2) is 0 Å². The normalized spacial score (nSPS) is 27.9. The highest BCUT2D eigenvalue weighted by molar-refractivity contribution is 6.30. The van der Waals surface area contributed by atoms with Crippen LogP contribution in [-0.2, 0) is 5.41 Å². The molecule has 3 aliphatic rings. The Hall–Kier alpha value is -2.06. The minimum atomic E-state index is 0.0736. The third-order valence-electron chi connectivity index (χ3n) is 5.34. The zero-order valence-corrected chi connectivity index (χ0v) is 12.7. The van der Waals surface area contributed by atoms with Gasteiger partial charge in [0.2, 0.25) is 0 Å². The lowest BCUT2D eigenvalue weighted by Crippen LogP contribution is -2.28. The van der Waals surface area contributed by atoms with Crippen LogP contribution in [0.25, 0.3) is 0 Å². The van der Waals surface area contributed by atoms with Gasteiger partial charge in [0, 0.05) is 40.0 Å². The van der Waals surface area contributed by atoms with Gasteiger partial charge in [-0.2, -0.15) is 0 Å². The van der Waals surface area contributed by atoms with E-state index in [4.69, 9.17) is 11.6 Å². The average Bonchev–Trinajstić information content (AvgIpc) is 3.17. The Kier molecular flexibility index (Phi) is 2.28. The van der Waals surface area contributed by atoms with Gasteiger partial charge in [0.15, 0.2) is 5.78 Å². The van der Waals surface area contributed by atoms with Crippen LogP contribution in [-0.4, -0.2) is 12.3 Å². The highest BCUT2D eigenvalue weighted by atomic mass is 35.5. The molecule has 3 heteroatoms. The molecule has 2 nitrogen and oxygen atoms in total. The number of halogens is 1. The van der Waals surface area contributed by atoms with Crippen LogP contribution in [0.2, 0.25) is 5.02 Å². The summed E-state index contributed by atoms with van der Waals surface area (Å²) >= 11 is 5.99. The molecule has 22 heavy (non-hydrogen) atoms. The van der Waals surface area contributed by atoms with Crippen LogP contribution in [0.15, 0.2) is 60.3 Å². The molecule has 0 N–H and O–H groups in total. The second-order valence-electron chi connectivity index (χ2n) is 6.40. The molecular weight excluding hydrogens is 294 g/mol. The van der Waals surface area contributed by atoms with E-state index in [9.17, 15) is 4.79 Å². The molecule has 1 aliphatic heterocycles. The molecule has 0 radical (unpaired) electrons. The summed E-state index contributed by atoms with van der Waals surface area (Å²) in [5.41, 5.74) is 4.47. The first kappa shape index (κ1) is 12.5. The number of ketones is 1. The van der Waals surface area contributed by atoms with Crippen LogP contribution < -0.4 is 4.90 Å². The van der Waals surface area contributed by atoms with E-state index in [2.05, 4.69) is 11.0 Å². The van der Waals surface area contributed by atoms with Crippen molar-refractivity contribution in [3.8, 4) is 0 Å². The zero-order valence-electron chi connectivity index (χ0n) is 11.9. The van der Waals surface area contributed by atoms with Gasteiger partial charge in [-0.05, 0) is 42.2 Å². The fourth-order valence-corrected chi connectivity index (χ4v) is 4.38. The fourth-order valence-electron chi connectivity index (χ4n) is 4.25. The van der Waals surface area contributed by atoms with Crippen LogP contribution in [0.3, 0.4) is 0 Å². The van der Waals surface area contributed by atoms with Gasteiger partial charge in [-0.3, -0.25) is 4.79 Å². The number of rotatable bonds is 1. The van der Waals surface area contributed by atoms with Crippen molar-refractivity contribution < 1.29 is 4.79 Å². The summed E-state index contributed by atoms with van der Waals surface area (Å²) in [5.74, 6) is 0.742. The summed E-state index contributed by atoms with van der Waals surface area (Å²) < 4.78 is 0. The summed E-state index contributed by atoms with van der Waals surface area (Å²) in [6.07, 6.45) is 3.01. The monoisotopic (exact) mass is 307 g/mol. The Morgan fingerprint density at radius 3 is 2.68 bits per heavy atom. The second-order valence-corrected chi connectivity index (χ2v) is 6.84. The number of piperidine rings is 1. The van der Waals surface area contributed by atoms with Gasteiger partial charge in [-0.15, -0.1) is 0 Å². The summed E-state index contributed by atoms with van der Waals surface area (Å²) in [7, 11) is 0. The molecule has 1 heterocycles. The lowest BCUT2D eigenvalue weighted by atomic mass is 9.81. The average molecular weight is 308 g/mol. The lowest BCUT2D eigenvalue weighted by Gasteiger charge is -2.30. The first-order chi connectivity index (χ1) is 10.7. The predicted octanol–water partition coefficient (Wildman–Crippen LogP) is 4.20. The number of hydrogen-bond acceptors (Lipinski definition) is 2. The van der Waals surface area contributed by atoms with Crippen molar-refractivity contribution in [3.63, 3.8) is 0 Å². The number of allylic oxidation sites excluding steroid dienone is 2. The standard InChI is InChI=1S/C19H14ClNO/c20-13-5-7-14(8-6-13)21-11-12-10-19(12)16-4-2-1-3-15(16)17(22)9-18(19)21/h1-9,12H,10-11H2/t12-,19-/m1/s1. The Labute approximate surface area is 134 Å². The van der Waals surface area contributed by atoms with Gasteiger partial charge < -0.3 is 4.90 Å². The van der Waals surface area contributed by atoms with Crippen molar-refractivity contribution in [1.29, 1.82) is 0 Å². The molecule has 1 spiro atoms. The maximum absolute atomic E-state index is 12.5. The first-order valence-electron chi connectivity index (χ1n) is 7.59. The van der Waals surface area contributed by atoms with Crippen LogP contribution in [0, 0.1) is 5.92 Å². The smallest absolute Gasteiger partial charge is 0.187 e. The van der Waals surface area contributed by atoms with Crippen LogP contribution in [0.1, 0.15) is 22.3 Å². The highest BCUT2D eigenvalue weighted by Gasteiger charge is 2.66. The summed E-state index contributed by atoms with van der Waals surface area (Å²) in [6, 6.07) is 16.0. The van der Waals surface area contributed by atoms with Gasteiger partial charge >= 0.3 is 0 Å². The van der Waals surface area contributed by atoms with Crippen molar-refractivity contribution in [3.05, 3.63) is 76.5 Å². The van der Waals surface area contributed by atoms with Crippen molar-refractivity contribution in [2.75, 3.05) is 11.4 Å². The van der Waals surface area contributed by atoms with E-state index in [0.29, 0.717) is 5.92 Å². The Morgan fingerprint density at radius 1 is 1.09 bits per heavy atom. The molecule has 108 valence electrons. The fraction of sp³-hybridized carbons (Fsp3) is 0.211. The summed E-state index contributed by atoms with van der Waals surface area (Å²) in [4.78, 5) is 14.8. The van der Waals surface area contributed by atoms with E-state index in [1.165, 1.54) is 11.3 Å². The van der Waals surface area contributed by atoms with Gasteiger partial charge in [0.25, 0.3) is 0 Å². The van der Waals surface area contributed by atoms with Crippen LogP contribution in [0.4, 0.5) is 5.69 Å². The van der Waals surface area contributed by atoms with Crippen molar-refractivity contribution in [2.45, 2.75) is 11.8 Å². The molecule has 2 aromatic carbocycles. The van der Waals surface area contributed by atoms with Gasteiger partial charge in [-0.1, -0.05) is 35.9 Å². The molecule has 2 fully saturated rings. The van der Waals surface area contributed by atoms with Crippen LogP contribution >= 0.6 is 11.6 Å². The lowest BCUT2D eigenvalue weighted by molar-refractivity contribution is 0.104. The number of benzene rings is 2. The molecule has 0 amide bonds. The molecular formula is C19H14ClNO. The molecule has 2 aromatic rings. The van der Waals surface area contributed by atoms with E-state index >= 15 is 0 Å². The number of fused-ring (bicyclic) bond motifs is 1. The quantitative estimate of drug-likeness (QED) is 0.787. The molecule has 5 rings (SSSR count). The molecule has 0 unspecified atom stereocenters. The van der Waals surface area contributed by atoms with Crippen molar-refractivity contribution in [1.82, 2.24) is 0 Å². The molecule has 0 bridgehead atoms. The van der Waals surface area contributed by atoms with Crippen molar-refractivity contribution >= 4 is 23.1 Å². The van der Waals surface area contributed by atoms with E-state index in [1.54, 1.807) is 0 Å². The number of carbonyl (C=O) groups excluding carboxylic acids is 1. The Balaban J connectivity index is 1.66. The molecule has 0 aromatic heterocycles. The van der Waals surface area contributed by atoms with E-state index < -0.39 is 0 Å². The molecule has 2 atom stereocenters. The van der Waals surface area contributed by atoms with E-state index in [1.807, 2.05) is 48.5 Å². The SMILES string of the molecule is O=C1C=C2N(c3ccc(Cl)cc3)C[C@H]3C[C@@]23c2ccccc21. The molecule has 1 saturated heterocycles. The van der Waals surface area contributed by atoms with E-state index in [-0.39, 0.29) is 11.2 Å². The predicted molar refractivity (Wildman–Crippen MR) is 87.4 cm³/mol. The largest absolute Gasteiger partial charge is 0.344 e. The Bertz CT molecular complexity index is 839. The van der Waals surface area contributed by atoms with Crippen molar-refractivity contribution in [2.24, 2.45) is 5.92 Å². The minimum Gasteiger partial charge on any atom is -0.344 e. The number of anilines is 1. The second kappa shape index (κ2) is 4.02. The maximum atomic E-state index is 12.5. The maximum Gasteiger partial charge on any atom is 0.187 e. The number of nitrogens with zero attached hydrogens (tertiary/aromatic N) is 1. The number of carbonyl (C=O) groups is 1. The van der Waals surface area contributed by atoms with Gasteiger partial charge in [0.05, 0.1) is 0 Å². The number of hydrogen-bond donors (Lipinski definition) is 0. The third-order valence-corrected chi connectivity index (χ3v) is 5.59. The third kappa shape index (κ3) is 1.43. The van der Waals surface area contributed by atoms with Gasteiger partial charge in [0.1, 0.15) is 0 Å². The zero-order chi connectivity index (χ0) is 14.9. The minimum absolute atomic E-state index is 0.0736. The topological polar surface area (TPSA) is 20.3 Å².